The summed E-state index contributed by atoms with van der Waals surface area (Å²) in [4.78, 5) is 24.2. The van der Waals surface area contributed by atoms with Crippen LogP contribution in [0.15, 0.2) is 4.99 Å². The molecule has 0 spiro atoms. The van der Waals surface area contributed by atoms with E-state index in [0.717, 1.165) is 0 Å². The van der Waals surface area contributed by atoms with Gasteiger partial charge in [0, 0.05) is 0 Å². The molecule has 0 aliphatic carbocycles. The van der Waals surface area contributed by atoms with Crippen molar-refractivity contribution >= 4 is 12.0 Å². The number of carbonyl (C=O) groups excluding carboxylic acids is 2. The third kappa shape index (κ3) is 3.88. The summed E-state index contributed by atoms with van der Waals surface area (Å²) < 4.78 is 4.45. The quantitative estimate of drug-likeness (QED) is 0.359. The van der Waals surface area contributed by atoms with Gasteiger partial charge in [0.1, 0.15) is 0 Å². The maximum absolute atomic E-state index is 10.9. The molecule has 0 heterocycles. The van der Waals surface area contributed by atoms with Crippen LogP contribution in [-0.4, -0.2) is 25.2 Å². The molecule has 12 heavy (non-hydrogen) atoms. The second-order valence-electron chi connectivity index (χ2n) is 2.89. The summed E-state index contributed by atoms with van der Waals surface area (Å²) in [5.41, 5.74) is 0. The van der Waals surface area contributed by atoms with Crippen molar-refractivity contribution in [3.8, 4) is 0 Å². The van der Waals surface area contributed by atoms with Crippen LogP contribution in [0.3, 0.4) is 0 Å². The van der Waals surface area contributed by atoms with Crippen LogP contribution in [0.1, 0.15) is 20.3 Å². The number of carbonyl (C=O) groups is 1. The Morgan fingerprint density at radius 2 is 2.17 bits per heavy atom. The van der Waals surface area contributed by atoms with E-state index in [1.807, 2.05) is 13.8 Å². The van der Waals surface area contributed by atoms with Crippen molar-refractivity contribution in [1.82, 2.24) is 0 Å². The standard InChI is InChI=1S/C8H13NO3/c1-6(2)4-7(9-5-10)8(11)12-3/h6-7H,4H2,1-3H3/t7-/m0/s1. The molecule has 0 amide bonds. The first-order chi connectivity index (χ1) is 5.61. The minimum atomic E-state index is -0.688. The predicted molar refractivity (Wildman–Crippen MR) is 43.4 cm³/mol. The van der Waals surface area contributed by atoms with Gasteiger partial charge in [0.2, 0.25) is 6.08 Å². The number of nitrogens with zero attached hydrogens (tertiary/aromatic N) is 1. The number of hydrogen-bond acceptors (Lipinski definition) is 4. The molecule has 0 aromatic rings. The first-order valence-electron chi connectivity index (χ1n) is 3.76. The molecule has 1 atom stereocenters. The van der Waals surface area contributed by atoms with E-state index >= 15 is 0 Å². The molecule has 0 radical (unpaired) electrons. The van der Waals surface area contributed by atoms with Crippen LogP contribution in [0.4, 0.5) is 0 Å². The highest BCUT2D eigenvalue weighted by Crippen LogP contribution is 2.08. The lowest BCUT2D eigenvalue weighted by Crippen LogP contribution is -2.21. The normalized spacial score (nSPS) is 12.0. The summed E-state index contributed by atoms with van der Waals surface area (Å²) in [5, 5.41) is 0. The van der Waals surface area contributed by atoms with Crippen LogP contribution in [-0.2, 0) is 14.3 Å². The minimum absolute atomic E-state index is 0.297. The van der Waals surface area contributed by atoms with Gasteiger partial charge in [0.25, 0.3) is 0 Å². The molecule has 0 aromatic heterocycles. The SMILES string of the molecule is COC(=O)[C@H](CC(C)C)N=C=O. The Morgan fingerprint density at radius 1 is 1.58 bits per heavy atom. The molecular formula is C8H13NO3. The zero-order valence-electron chi connectivity index (χ0n) is 7.53. The largest absolute Gasteiger partial charge is 0.467 e. The van der Waals surface area contributed by atoms with Gasteiger partial charge < -0.3 is 4.74 Å². The number of hydrogen-bond donors (Lipinski definition) is 0. The Morgan fingerprint density at radius 3 is 2.50 bits per heavy atom. The molecule has 4 heteroatoms. The number of isocyanates is 1. The van der Waals surface area contributed by atoms with Gasteiger partial charge in [-0.2, -0.15) is 4.99 Å². The zero-order valence-corrected chi connectivity index (χ0v) is 7.53. The van der Waals surface area contributed by atoms with E-state index in [1.54, 1.807) is 0 Å². The first-order valence-corrected chi connectivity index (χ1v) is 3.76. The second-order valence-corrected chi connectivity index (χ2v) is 2.89. The second kappa shape index (κ2) is 5.49. The van der Waals surface area contributed by atoms with E-state index in [0.29, 0.717) is 12.3 Å². The monoisotopic (exact) mass is 171 g/mol. The summed E-state index contributed by atoms with van der Waals surface area (Å²) in [5.74, 6) is -0.182. The summed E-state index contributed by atoms with van der Waals surface area (Å²) in [6.45, 7) is 3.88. The molecule has 0 fully saturated rings. The van der Waals surface area contributed by atoms with Crippen LogP contribution in [0, 0.1) is 5.92 Å². The van der Waals surface area contributed by atoms with E-state index in [9.17, 15) is 9.59 Å². The van der Waals surface area contributed by atoms with Crippen molar-refractivity contribution in [1.29, 1.82) is 0 Å². The fraction of sp³-hybridized carbons (Fsp3) is 0.750. The van der Waals surface area contributed by atoms with Crippen molar-refractivity contribution in [3.63, 3.8) is 0 Å². The molecule has 68 valence electrons. The third-order valence-corrected chi connectivity index (χ3v) is 1.38. The summed E-state index contributed by atoms with van der Waals surface area (Å²) in [6.07, 6.45) is 1.88. The van der Waals surface area contributed by atoms with Crippen LogP contribution in [0.5, 0.6) is 0 Å². The maximum Gasteiger partial charge on any atom is 0.331 e. The molecule has 0 saturated heterocycles. The summed E-state index contributed by atoms with van der Waals surface area (Å²) in [7, 11) is 1.27. The van der Waals surface area contributed by atoms with Gasteiger partial charge in [-0.05, 0) is 12.3 Å². The highest BCUT2D eigenvalue weighted by molar-refractivity contribution is 5.76. The summed E-state index contributed by atoms with van der Waals surface area (Å²) >= 11 is 0. The van der Waals surface area contributed by atoms with Gasteiger partial charge in [-0.1, -0.05) is 13.8 Å². The molecule has 0 aromatic carbocycles. The van der Waals surface area contributed by atoms with E-state index in [2.05, 4.69) is 9.73 Å². The fourth-order valence-corrected chi connectivity index (χ4v) is 0.848. The number of ether oxygens (including phenoxy) is 1. The van der Waals surface area contributed by atoms with Gasteiger partial charge in [-0.3, -0.25) is 0 Å². The average molecular weight is 171 g/mol. The lowest BCUT2D eigenvalue weighted by Gasteiger charge is -2.09. The smallest absolute Gasteiger partial charge is 0.331 e. The molecule has 0 unspecified atom stereocenters. The first kappa shape index (κ1) is 10.8. The van der Waals surface area contributed by atoms with Gasteiger partial charge in [0.05, 0.1) is 7.11 Å². The van der Waals surface area contributed by atoms with E-state index in [-0.39, 0.29) is 0 Å². The third-order valence-electron chi connectivity index (χ3n) is 1.38. The van der Waals surface area contributed by atoms with Crippen molar-refractivity contribution < 1.29 is 14.3 Å². The lowest BCUT2D eigenvalue weighted by molar-refractivity contribution is -0.142. The van der Waals surface area contributed by atoms with Gasteiger partial charge >= 0.3 is 5.97 Å². The topological polar surface area (TPSA) is 55.7 Å². The highest BCUT2D eigenvalue weighted by atomic mass is 16.5. The molecule has 0 N–H and O–H groups in total. The molecule has 0 saturated carbocycles. The van der Waals surface area contributed by atoms with Crippen molar-refractivity contribution in [2.24, 2.45) is 10.9 Å². The number of rotatable bonds is 4. The number of esters is 1. The lowest BCUT2D eigenvalue weighted by atomic mass is 10.0. The average Bonchev–Trinajstić information content (AvgIpc) is 2.01. The Balaban J connectivity index is 4.22. The summed E-state index contributed by atoms with van der Waals surface area (Å²) in [6, 6.07) is -0.688. The highest BCUT2D eigenvalue weighted by Gasteiger charge is 2.18. The van der Waals surface area contributed by atoms with Crippen LogP contribution in [0.2, 0.25) is 0 Å². The number of aliphatic imine (C=N–C) groups is 1. The molecule has 4 nitrogen and oxygen atoms in total. The Bertz CT molecular complexity index is 194. The van der Waals surface area contributed by atoms with Gasteiger partial charge in [-0.25, -0.2) is 9.59 Å². The molecular weight excluding hydrogens is 158 g/mol. The maximum atomic E-state index is 10.9. The predicted octanol–water partition coefficient (Wildman–Crippen LogP) is 0.910. The van der Waals surface area contributed by atoms with E-state index < -0.39 is 12.0 Å². The Hall–Kier alpha value is -1.15. The van der Waals surface area contributed by atoms with Crippen LogP contribution < -0.4 is 0 Å². The van der Waals surface area contributed by atoms with E-state index in [1.165, 1.54) is 13.2 Å². The van der Waals surface area contributed by atoms with Crippen molar-refractivity contribution in [3.05, 3.63) is 0 Å². The molecule has 0 aliphatic heterocycles. The van der Waals surface area contributed by atoms with Gasteiger partial charge in [-0.15, -0.1) is 0 Å². The molecule has 0 rings (SSSR count). The Kier molecular flexibility index (Phi) is 4.97. The van der Waals surface area contributed by atoms with Crippen molar-refractivity contribution in [2.45, 2.75) is 26.3 Å². The van der Waals surface area contributed by atoms with Gasteiger partial charge in [0.15, 0.2) is 6.04 Å². The zero-order chi connectivity index (χ0) is 9.56. The van der Waals surface area contributed by atoms with E-state index in [4.69, 9.17) is 0 Å². The Labute approximate surface area is 71.6 Å². The number of methoxy groups -OCH3 is 1. The fourth-order valence-electron chi connectivity index (χ4n) is 0.848. The molecule has 0 aliphatic rings. The minimum Gasteiger partial charge on any atom is -0.467 e. The molecule has 0 bridgehead atoms. The van der Waals surface area contributed by atoms with Crippen LogP contribution in [0.25, 0.3) is 0 Å². The van der Waals surface area contributed by atoms with Crippen molar-refractivity contribution in [2.75, 3.05) is 7.11 Å². The van der Waals surface area contributed by atoms with Crippen LogP contribution >= 0.6 is 0 Å².